The van der Waals surface area contributed by atoms with Crippen LogP contribution in [0.5, 0.6) is 0 Å². The second-order valence-electron chi connectivity index (χ2n) is 15.7. The van der Waals surface area contributed by atoms with E-state index in [1.165, 1.54) is 0 Å². The van der Waals surface area contributed by atoms with Gasteiger partial charge < -0.3 is 0 Å². The summed E-state index contributed by atoms with van der Waals surface area (Å²) in [5.74, 6) is 0. The molecule has 9 unspecified atom stereocenters. The molecule has 10 aliphatic rings. The first kappa shape index (κ1) is 19.9. The Balaban J connectivity index is 1.15. The van der Waals surface area contributed by atoms with Crippen molar-refractivity contribution in [1.82, 2.24) is 0 Å². The van der Waals surface area contributed by atoms with Crippen LogP contribution in [0, 0.1) is 0 Å². The molecule has 0 N–H and O–H groups in total. The van der Waals surface area contributed by atoms with E-state index in [0.29, 0.717) is 8.11 Å². The summed E-state index contributed by atoms with van der Waals surface area (Å²) in [4.78, 5) is 5.50. The Morgan fingerprint density at radius 3 is 1.18 bits per heavy atom. The third-order valence-electron chi connectivity index (χ3n) is 19.4. The molecular formula is C34H26Cl2FeP2. The van der Waals surface area contributed by atoms with Gasteiger partial charge in [-0.1, -0.05) is 0 Å². The van der Waals surface area contributed by atoms with Gasteiger partial charge in [0.1, 0.15) is 0 Å². The molecule has 0 nitrogen and oxygen atoms in total. The van der Waals surface area contributed by atoms with E-state index in [1.54, 1.807) is 21.2 Å². The van der Waals surface area contributed by atoms with Crippen LogP contribution in [-0.4, -0.2) is 15.7 Å². The molecule has 0 amide bonds. The molecule has 194 valence electrons. The molecule has 4 aromatic rings. The van der Waals surface area contributed by atoms with Gasteiger partial charge >= 0.3 is 233 Å². The van der Waals surface area contributed by atoms with Crippen molar-refractivity contribution in [2.45, 2.75) is 44.6 Å². The Morgan fingerprint density at radius 1 is 0.487 bits per heavy atom. The molecule has 0 saturated carbocycles. The van der Waals surface area contributed by atoms with Gasteiger partial charge in [-0.2, -0.15) is 0 Å². The second-order valence-corrected chi connectivity index (χ2v) is 45.6. The molecule has 0 radical (unpaired) electrons. The molecule has 0 aromatic heterocycles. The predicted molar refractivity (Wildman–Crippen MR) is 163 cm³/mol. The van der Waals surface area contributed by atoms with Crippen LogP contribution in [0.1, 0.15) is 0 Å². The van der Waals surface area contributed by atoms with E-state index < -0.39 is 22.4 Å². The fourth-order valence-electron chi connectivity index (χ4n) is 21.0. The van der Waals surface area contributed by atoms with Crippen molar-refractivity contribution >= 4 is 60.3 Å². The summed E-state index contributed by atoms with van der Waals surface area (Å²) in [7, 11) is -1.03. The number of halogens is 2. The Morgan fingerprint density at radius 2 is 0.872 bits per heavy atom. The van der Waals surface area contributed by atoms with Crippen LogP contribution in [0.2, 0.25) is 28.9 Å². The van der Waals surface area contributed by atoms with E-state index in [1.807, 2.05) is 0 Å². The average Bonchev–Trinajstić information content (AvgIpc) is 3.96. The van der Waals surface area contributed by atoms with Gasteiger partial charge in [0.15, 0.2) is 0 Å². The third-order valence-corrected chi connectivity index (χ3v) is 82.8. The van der Waals surface area contributed by atoms with Crippen molar-refractivity contribution in [3.63, 3.8) is 0 Å². The number of rotatable bonds is 6. The van der Waals surface area contributed by atoms with Crippen LogP contribution in [0.25, 0.3) is 0 Å². The maximum absolute atomic E-state index is 8.58. The van der Waals surface area contributed by atoms with Crippen LogP contribution in [0.3, 0.4) is 0 Å². The summed E-state index contributed by atoms with van der Waals surface area (Å²) < 4.78 is 0.747. The van der Waals surface area contributed by atoms with Crippen molar-refractivity contribution in [2.75, 3.05) is 0 Å². The van der Waals surface area contributed by atoms with E-state index in [-0.39, 0.29) is 7.55 Å². The first-order chi connectivity index (χ1) is 18.9. The Kier molecular flexibility index (Phi) is 1.57. The number of alkyl halides is 2. The van der Waals surface area contributed by atoms with Gasteiger partial charge in [-0.05, 0) is 0 Å². The van der Waals surface area contributed by atoms with E-state index in [2.05, 4.69) is 121 Å². The summed E-state index contributed by atoms with van der Waals surface area (Å²) in [5.41, 5.74) is 0. The molecule has 1 spiro atoms. The molecule has 0 bridgehead atoms. The summed E-state index contributed by atoms with van der Waals surface area (Å²) in [6.45, 7) is -4.62. The standard InChI is InChI=1S/C17H12Cl2P.C17H14P.Fe/c18-15-11-12-16(17(15)19)20(13-7-3-1-4-8-13)14-9-5-2-6-10-14;1-3-9-15(10-4-1)18(17-13-7-8-14-17)16-11-5-2-6-12-16;/h1-12H;1-14H;. The van der Waals surface area contributed by atoms with E-state index in [0.717, 1.165) is 28.9 Å². The summed E-state index contributed by atoms with van der Waals surface area (Å²) >= 11 is 16.9. The van der Waals surface area contributed by atoms with Gasteiger partial charge in [0.25, 0.3) is 0 Å². The number of benzene rings is 4. The zero-order valence-corrected chi connectivity index (χ0v) is 25.4. The Bertz CT molecular complexity index is 2250. The first-order valence-electron chi connectivity index (χ1n) is 14.3. The van der Waals surface area contributed by atoms with Crippen LogP contribution in [0.4, 0.5) is 0 Å². The van der Waals surface area contributed by atoms with Gasteiger partial charge in [0.05, 0.1) is 0 Å². The maximum atomic E-state index is 8.58. The molecule has 9 atom stereocenters. The van der Waals surface area contributed by atoms with Crippen LogP contribution < -0.4 is 21.2 Å². The van der Waals surface area contributed by atoms with Crippen LogP contribution in [0.15, 0.2) is 121 Å². The second kappa shape index (κ2) is 3.09. The molecule has 14 rings (SSSR count). The van der Waals surface area contributed by atoms with E-state index in [9.17, 15) is 0 Å². The molecule has 10 fully saturated rings. The van der Waals surface area contributed by atoms with Gasteiger partial charge in [0, 0.05) is 0 Å². The normalized spacial score (nSPS) is 64.3. The molecule has 5 heteroatoms. The topological polar surface area (TPSA) is 0 Å². The molecule has 0 aliphatic carbocycles. The summed E-state index contributed by atoms with van der Waals surface area (Å²) in [6, 6.07) is 46.5. The summed E-state index contributed by atoms with van der Waals surface area (Å²) in [6.07, 6.45) is 0. The quantitative estimate of drug-likeness (QED) is 0.117. The SMILES string of the molecule is Cl[C]12[CH]3[CH]4[C]5(P(c6ccccc6)c6ccccc6)[C]1(Cl)[Fe]34251678[CH]2[CH]1[CH]6[C]7(P(c1ccccc1)c1ccccc1)[CH]28. The molecular weight excluding hydrogens is 597 g/mol. The number of fused-ring (bicyclic) bond motifs is 10. The van der Waals surface area contributed by atoms with Gasteiger partial charge in [0.2, 0.25) is 0 Å². The van der Waals surface area contributed by atoms with Crippen LogP contribution >= 0.6 is 39.0 Å². The minimum atomic E-state index is -4.62. The molecule has 10 heterocycles. The molecule has 4 aromatic carbocycles. The van der Waals surface area contributed by atoms with Crippen molar-refractivity contribution in [3.05, 3.63) is 121 Å². The zero-order chi connectivity index (χ0) is 25.4. The Labute approximate surface area is 231 Å². The van der Waals surface area contributed by atoms with Crippen LogP contribution in [-0.2, 0) is 6.51 Å². The number of hydrogen-bond acceptors (Lipinski definition) is 0. The van der Waals surface area contributed by atoms with Gasteiger partial charge in [-0.15, -0.1) is 0 Å². The Hall–Kier alpha value is -1.16. The minimum absolute atomic E-state index is 0.00652. The molecule has 39 heavy (non-hydrogen) atoms. The van der Waals surface area contributed by atoms with Gasteiger partial charge in [-0.25, -0.2) is 0 Å². The monoisotopic (exact) mass is 622 g/mol. The number of hydrogen-bond donors (Lipinski definition) is 0. The third kappa shape index (κ3) is 0.457. The van der Waals surface area contributed by atoms with Gasteiger partial charge in [-0.3, -0.25) is 0 Å². The average molecular weight is 623 g/mol. The molecule has 10 saturated heterocycles. The fourth-order valence-corrected chi connectivity index (χ4v) is 138. The zero-order valence-electron chi connectivity index (χ0n) is 21.0. The van der Waals surface area contributed by atoms with E-state index >= 15 is 0 Å². The predicted octanol–water partition coefficient (Wildman–Crippen LogP) is 7.75. The fraction of sp³-hybridized carbons (Fsp3) is 0.294. The van der Waals surface area contributed by atoms with Crippen molar-refractivity contribution in [1.29, 1.82) is 0 Å². The first-order valence-corrected chi connectivity index (χ1v) is 23.8. The molecule has 10 aliphatic heterocycles. The van der Waals surface area contributed by atoms with Crippen molar-refractivity contribution < 1.29 is 6.51 Å². The summed E-state index contributed by atoms with van der Waals surface area (Å²) in [5, 5.41) is 6.30. The van der Waals surface area contributed by atoms with E-state index in [4.69, 9.17) is 23.2 Å². The van der Waals surface area contributed by atoms with Crippen molar-refractivity contribution in [3.8, 4) is 0 Å². The van der Waals surface area contributed by atoms with Crippen molar-refractivity contribution in [2.24, 2.45) is 0 Å².